The molecule has 1 atom stereocenters. The molecule has 2 N–H and O–H groups in total. The van der Waals surface area contributed by atoms with E-state index in [2.05, 4.69) is 26.6 Å². The summed E-state index contributed by atoms with van der Waals surface area (Å²) in [7, 11) is 0. The van der Waals surface area contributed by atoms with Crippen LogP contribution < -0.4 is 10.6 Å². The van der Waals surface area contributed by atoms with Crippen molar-refractivity contribution < 1.29 is 14.3 Å². The number of hydrogen-bond donors (Lipinski definition) is 2. The van der Waals surface area contributed by atoms with E-state index in [9.17, 15) is 9.59 Å². The first-order chi connectivity index (χ1) is 13.0. The smallest absolute Gasteiger partial charge is 0.408 e. The summed E-state index contributed by atoms with van der Waals surface area (Å²) in [4.78, 5) is 25.2. The second-order valence-electron chi connectivity index (χ2n) is 7.79. The number of hydrogen-bond acceptors (Lipinski definition) is 3. The second kappa shape index (κ2) is 9.24. The van der Waals surface area contributed by atoms with E-state index in [1.54, 1.807) is 20.8 Å². The molecule has 0 aromatic heterocycles. The van der Waals surface area contributed by atoms with Gasteiger partial charge in [0.05, 0.1) is 5.69 Å². The van der Waals surface area contributed by atoms with Gasteiger partial charge in [-0.15, -0.1) is 0 Å². The minimum absolute atomic E-state index is 0.307. The zero-order chi connectivity index (χ0) is 20.9. The number of anilines is 1. The van der Waals surface area contributed by atoms with E-state index in [-0.39, 0.29) is 5.91 Å². The van der Waals surface area contributed by atoms with Crippen LogP contribution >= 0.6 is 15.9 Å². The zero-order valence-corrected chi connectivity index (χ0v) is 18.5. The Kier molecular flexibility index (Phi) is 7.24. The summed E-state index contributed by atoms with van der Waals surface area (Å²) in [6.45, 7) is 9.34. The van der Waals surface area contributed by atoms with Gasteiger partial charge in [-0.05, 0) is 79.4 Å². The van der Waals surface area contributed by atoms with Gasteiger partial charge in [-0.25, -0.2) is 4.79 Å². The molecule has 2 rings (SSSR count). The van der Waals surface area contributed by atoms with Gasteiger partial charge < -0.3 is 15.4 Å². The van der Waals surface area contributed by atoms with E-state index in [1.807, 2.05) is 56.3 Å². The zero-order valence-electron chi connectivity index (χ0n) is 16.9. The number of alkyl carbamates (subject to hydrolysis) is 1. The molecule has 150 valence electrons. The first-order valence-electron chi connectivity index (χ1n) is 9.16. The summed E-state index contributed by atoms with van der Waals surface area (Å²) < 4.78 is 6.12. The Balaban J connectivity index is 2.20. The van der Waals surface area contributed by atoms with E-state index >= 15 is 0 Å². The Morgan fingerprint density at radius 1 is 1.07 bits per heavy atom. The van der Waals surface area contributed by atoms with E-state index in [0.29, 0.717) is 12.1 Å². The minimum Gasteiger partial charge on any atom is -0.444 e. The van der Waals surface area contributed by atoms with E-state index in [1.165, 1.54) is 0 Å². The fraction of sp³-hybridized carbons (Fsp3) is 0.364. The van der Waals surface area contributed by atoms with Crippen molar-refractivity contribution in [1.29, 1.82) is 0 Å². The molecule has 0 unspecified atom stereocenters. The summed E-state index contributed by atoms with van der Waals surface area (Å²) in [6.07, 6.45) is -0.267. The lowest BCUT2D eigenvalue weighted by atomic mass is 10.0. The van der Waals surface area contributed by atoms with Crippen molar-refractivity contribution in [2.24, 2.45) is 0 Å². The number of nitrogens with one attached hydrogen (secondary N) is 2. The first-order valence-corrected chi connectivity index (χ1v) is 9.95. The predicted molar refractivity (Wildman–Crippen MR) is 116 cm³/mol. The monoisotopic (exact) mass is 446 g/mol. The molecule has 0 spiro atoms. The van der Waals surface area contributed by atoms with E-state index in [4.69, 9.17) is 4.74 Å². The molecule has 0 saturated heterocycles. The molecule has 2 aromatic rings. The third-order valence-electron chi connectivity index (χ3n) is 4.13. The lowest BCUT2D eigenvalue weighted by Gasteiger charge is -2.23. The number of rotatable bonds is 5. The van der Waals surface area contributed by atoms with Crippen molar-refractivity contribution in [3.8, 4) is 0 Å². The normalized spacial score (nSPS) is 12.2. The molecule has 0 heterocycles. The highest BCUT2D eigenvalue weighted by Gasteiger charge is 2.25. The van der Waals surface area contributed by atoms with Crippen molar-refractivity contribution in [2.75, 3.05) is 5.32 Å². The van der Waals surface area contributed by atoms with Gasteiger partial charge in [0, 0.05) is 10.9 Å². The SMILES string of the molecule is Cc1cc(Br)c(NC(=O)[C@H](Cc2ccccc2)NC(=O)OC(C)(C)C)cc1C. The fourth-order valence-corrected chi connectivity index (χ4v) is 3.16. The van der Waals surface area contributed by atoms with Crippen LogP contribution in [-0.4, -0.2) is 23.6 Å². The van der Waals surface area contributed by atoms with Crippen LogP contribution in [0.25, 0.3) is 0 Å². The summed E-state index contributed by atoms with van der Waals surface area (Å²) in [5.41, 5.74) is 3.15. The quantitative estimate of drug-likeness (QED) is 0.667. The van der Waals surface area contributed by atoms with Crippen molar-refractivity contribution in [2.45, 2.75) is 52.7 Å². The molecule has 0 aliphatic rings. The fourth-order valence-electron chi connectivity index (χ4n) is 2.61. The Hall–Kier alpha value is -2.34. The Bertz CT molecular complexity index is 845. The molecule has 0 bridgehead atoms. The van der Waals surface area contributed by atoms with E-state index < -0.39 is 17.7 Å². The van der Waals surface area contributed by atoms with Crippen LogP contribution in [0.4, 0.5) is 10.5 Å². The number of amides is 2. The molecule has 5 nitrogen and oxygen atoms in total. The topological polar surface area (TPSA) is 67.4 Å². The molecule has 28 heavy (non-hydrogen) atoms. The van der Waals surface area contributed by atoms with Crippen molar-refractivity contribution in [3.05, 3.63) is 63.6 Å². The second-order valence-corrected chi connectivity index (χ2v) is 8.65. The van der Waals surface area contributed by atoms with Crippen LogP contribution in [0.1, 0.15) is 37.5 Å². The summed E-state index contributed by atoms with van der Waals surface area (Å²) in [6, 6.07) is 12.6. The molecule has 2 amide bonds. The Morgan fingerprint density at radius 2 is 1.68 bits per heavy atom. The van der Waals surface area contributed by atoms with Crippen LogP contribution in [0.2, 0.25) is 0 Å². The molecule has 6 heteroatoms. The number of halogens is 1. The van der Waals surface area contributed by atoms with Crippen molar-refractivity contribution in [1.82, 2.24) is 5.32 Å². The third kappa shape index (κ3) is 6.68. The maximum absolute atomic E-state index is 13.0. The van der Waals surface area contributed by atoms with Gasteiger partial charge in [0.25, 0.3) is 0 Å². The number of carbonyl (C=O) groups excluding carboxylic acids is 2. The average Bonchev–Trinajstić information content (AvgIpc) is 2.58. The lowest BCUT2D eigenvalue weighted by molar-refractivity contribution is -0.118. The van der Waals surface area contributed by atoms with Crippen LogP contribution in [0.3, 0.4) is 0 Å². The van der Waals surface area contributed by atoms with Gasteiger partial charge in [-0.1, -0.05) is 30.3 Å². The average molecular weight is 447 g/mol. The van der Waals surface area contributed by atoms with Gasteiger partial charge in [-0.2, -0.15) is 0 Å². The molecule has 0 aliphatic carbocycles. The van der Waals surface area contributed by atoms with Gasteiger partial charge in [0.2, 0.25) is 5.91 Å². The largest absolute Gasteiger partial charge is 0.444 e. The number of aryl methyl sites for hydroxylation is 2. The number of ether oxygens (including phenoxy) is 1. The number of carbonyl (C=O) groups is 2. The van der Waals surface area contributed by atoms with Gasteiger partial charge in [-0.3, -0.25) is 4.79 Å². The Morgan fingerprint density at radius 3 is 2.29 bits per heavy atom. The van der Waals surface area contributed by atoms with Crippen LogP contribution in [-0.2, 0) is 16.0 Å². The highest BCUT2D eigenvalue weighted by Crippen LogP contribution is 2.26. The molecular weight excluding hydrogens is 420 g/mol. The summed E-state index contributed by atoms with van der Waals surface area (Å²) >= 11 is 3.49. The highest BCUT2D eigenvalue weighted by molar-refractivity contribution is 9.10. The highest BCUT2D eigenvalue weighted by atomic mass is 79.9. The molecule has 0 aliphatic heterocycles. The third-order valence-corrected chi connectivity index (χ3v) is 4.79. The summed E-state index contributed by atoms with van der Waals surface area (Å²) in [5.74, 6) is -0.307. The Labute approximate surface area is 175 Å². The minimum atomic E-state index is -0.772. The molecule has 0 saturated carbocycles. The number of benzene rings is 2. The van der Waals surface area contributed by atoms with Crippen molar-refractivity contribution >= 4 is 33.6 Å². The first kappa shape index (κ1) is 22.0. The maximum Gasteiger partial charge on any atom is 0.408 e. The molecule has 0 fully saturated rings. The van der Waals surface area contributed by atoms with E-state index in [0.717, 1.165) is 21.2 Å². The lowest BCUT2D eigenvalue weighted by Crippen LogP contribution is -2.47. The van der Waals surface area contributed by atoms with Gasteiger partial charge in [0.1, 0.15) is 11.6 Å². The maximum atomic E-state index is 13.0. The van der Waals surface area contributed by atoms with Crippen LogP contribution in [0.5, 0.6) is 0 Å². The molecule has 2 aromatic carbocycles. The van der Waals surface area contributed by atoms with Gasteiger partial charge in [0.15, 0.2) is 0 Å². The molecular formula is C22H27BrN2O3. The van der Waals surface area contributed by atoms with Crippen LogP contribution in [0, 0.1) is 13.8 Å². The molecule has 0 radical (unpaired) electrons. The standard InChI is InChI=1S/C22H27BrN2O3/c1-14-11-17(23)18(12-15(14)2)24-20(26)19(13-16-9-7-6-8-10-16)25-21(27)28-22(3,4)5/h6-12,19H,13H2,1-5H3,(H,24,26)(H,25,27)/t19-/m0/s1. The van der Waals surface area contributed by atoms with Gasteiger partial charge >= 0.3 is 6.09 Å². The summed E-state index contributed by atoms with van der Waals surface area (Å²) in [5, 5.41) is 5.61. The van der Waals surface area contributed by atoms with Crippen molar-refractivity contribution in [3.63, 3.8) is 0 Å². The predicted octanol–water partition coefficient (Wildman–Crippen LogP) is 5.14. The van der Waals surface area contributed by atoms with Crippen LogP contribution in [0.15, 0.2) is 46.9 Å².